The summed E-state index contributed by atoms with van der Waals surface area (Å²) in [5, 5.41) is 0.760. The predicted molar refractivity (Wildman–Crippen MR) is 90.0 cm³/mol. The zero-order valence-electron chi connectivity index (χ0n) is 13.1. The van der Waals surface area contributed by atoms with Crippen LogP contribution in [0.3, 0.4) is 0 Å². The molecule has 0 fully saturated rings. The molecule has 0 saturated heterocycles. The van der Waals surface area contributed by atoms with Crippen molar-refractivity contribution in [3.63, 3.8) is 0 Å². The molecule has 116 valence electrons. The summed E-state index contributed by atoms with van der Waals surface area (Å²) in [6.45, 7) is 1.88. The van der Waals surface area contributed by atoms with Crippen LogP contribution in [-0.4, -0.2) is 10.5 Å². The number of pyridine rings is 1. The molecule has 3 aromatic rings. The summed E-state index contributed by atoms with van der Waals surface area (Å²) in [6, 6.07) is 16.2. The Balaban J connectivity index is 2.18. The Hall–Kier alpha value is -2.88. The maximum absolute atomic E-state index is 12.5. The number of carbonyl (C=O) groups excluding carboxylic acids is 1. The van der Waals surface area contributed by atoms with Crippen LogP contribution in [0.2, 0.25) is 0 Å². The van der Waals surface area contributed by atoms with Crippen molar-refractivity contribution >= 4 is 16.9 Å². The molecule has 0 unspecified atom stereocenters. The molecule has 0 atom stereocenters. The van der Waals surface area contributed by atoms with E-state index < -0.39 is 5.97 Å². The fourth-order valence-electron chi connectivity index (χ4n) is 2.68. The highest BCUT2D eigenvalue weighted by molar-refractivity contribution is 5.95. The van der Waals surface area contributed by atoms with Crippen LogP contribution in [0.4, 0.5) is 0 Å². The van der Waals surface area contributed by atoms with Crippen molar-refractivity contribution in [2.45, 2.75) is 13.3 Å². The van der Waals surface area contributed by atoms with Crippen LogP contribution in [0.25, 0.3) is 10.9 Å². The third-order valence-electron chi connectivity index (χ3n) is 3.90. The number of nitrogens with zero attached hydrogens (tertiary/aromatic N) is 1. The maximum Gasteiger partial charge on any atom is 0.343 e. The number of para-hydroxylation sites is 1. The lowest BCUT2D eigenvalue weighted by molar-refractivity contribution is 0.0735. The monoisotopic (exact) mass is 307 g/mol. The summed E-state index contributed by atoms with van der Waals surface area (Å²) in [7, 11) is 1.73. The van der Waals surface area contributed by atoms with Gasteiger partial charge in [-0.2, -0.15) is 0 Å². The summed E-state index contributed by atoms with van der Waals surface area (Å²) >= 11 is 0. The molecular formula is C19H17NO3. The second-order valence-corrected chi connectivity index (χ2v) is 5.30. The lowest BCUT2D eigenvalue weighted by Gasteiger charge is -2.14. The van der Waals surface area contributed by atoms with E-state index in [9.17, 15) is 9.59 Å². The summed E-state index contributed by atoms with van der Waals surface area (Å²) in [5.74, 6) is -0.0984. The SMILES string of the molecule is CCc1c(OC(=O)c2ccccc2)c2ccccc2n(C)c1=O. The summed E-state index contributed by atoms with van der Waals surface area (Å²) in [5.41, 5.74) is 1.57. The molecule has 3 rings (SSSR count). The van der Waals surface area contributed by atoms with Gasteiger partial charge in [0.2, 0.25) is 0 Å². The molecule has 0 bridgehead atoms. The van der Waals surface area contributed by atoms with Gasteiger partial charge in [-0.15, -0.1) is 0 Å². The number of aryl methyl sites for hydroxylation is 1. The van der Waals surface area contributed by atoms with Crippen molar-refractivity contribution in [3.8, 4) is 5.75 Å². The minimum atomic E-state index is -0.460. The highest BCUT2D eigenvalue weighted by Crippen LogP contribution is 2.28. The normalized spacial score (nSPS) is 10.7. The van der Waals surface area contributed by atoms with Crippen LogP contribution < -0.4 is 10.3 Å². The number of ether oxygens (including phenoxy) is 1. The van der Waals surface area contributed by atoms with Crippen molar-refractivity contribution in [2.24, 2.45) is 7.05 Å². The zero-order chi connectivity index (χ0) is 16.4. The van der Waals surface area contributed by atoms with Crippen LogP contribution in [0.15, 0.2) is 59.4 Å². The van der Waals surface area contributed by atoms with E-state index in [0.29, 0.717) is 23.3 Å². The first kappa shape index (κ1) is 15.0. The van der Waals surface area contributed by atoms with E-state index >= 15 is 0 Å². The minimum Gasteiger partial charge on any atom is -0.422 e. The van der Waals surface area contributed by atoms with E-state index in [1.165, 1.54) is 0 Å². The fraction of sp³-hybridized carbons (Fsp3) is 0.158. The number of esters is 1. The highest BCUT2D eigenvalue weighted by Gasteiger charge is 2.18. The van der Waals surface area contributed by atoms with Gasteiger partial charge in [0.15, 0.2) is 0 Å². The number of aromatic nitrogens is 1. The van der Waals surface area contributed by atoms with Gasteiger partial charge in [0.25, 0.3) is 5.56 Å². The van der Waals surface area contributed by atoms with Crippen LogP contribution >= 0.6 is 0 Å². The standard InChI is InChI=1S/C19H17NO3/c1-3-14-17(23-19(22)13-9-5-4-6-10-13)15-11-7-8-12-16(15)20(2)18(14)21/h4-12H,3H2,1-2H3. The Labute approximate surface area is 133 Å². The quantitative estimate of drug-likeness (QED) is 0.697. The Kier molecular flexibility index (Phi) is 3.98. The third-order valence-corrected chi connectivity index (χ3v) is 3.90. The summed E-state index contributed by atoms with van der Waals surface area (Å²) in [4.78, 5) is 24.9. The second kappa shape index (κ2) is 6.08. The van der Waals surface area contributed by atoms with Crippen molar-refractivity contribution in [3.05, 3.63) is 76.1 Å². The molecule has 0 amide bonds. The molecular weight excluding hydrogens is 290 g/mol. The Morgan fingerprint density at radius 3 is 2.39 bits per heavy atom. The number of fused-ring (bicyclic) bond motifs is 1. The van der Waals surface area contributed by atoms with E-state index in [1.54, 1.807) is 35.9 Å². The minimum absolute atomic E-state index is 0.137. The first-order valence-corrected chi connectivity index (χ1v) is 7.51. The van der Waals surface area contributed by atoms with Gasteiger partial charge in [0.1, 0.15) is 5.75 Å². The molecule has 4 nitrogen and oxygen atoms in total. The highest BCUT2D eigenvalue weighted by atomic mass is 16.5. The van der Waals surface area contributed by atoms with Crippen LogP contribution in [-0.2, 0) is 13.5 Å². The molecule has 0 N–H and O–H groups in total. The average molecular weight is 307 g/mol. The molecule has 0 aliphatic heterocycles. The molecule has 0 aliphatic carbocycles. The van der Waals surface area contributed by atoms with E-state index in [-0.39, 0.29) is 5.56 Å². The van der Waals surface area contributed by atoms with Crippen molar-refractivity contribution < 1.29 is 9.53 Å². The van der Waals surface area contributed by atoms with Gasteiger partial charge in [-0.05, 0) is 30.7 Å². The predicted octanol–water partition coefficient (Wildman–Crippen LogP) is 3.32. The number of benzene rings is 2. The number of hydrogen-bond donors (Lipinski definition) is 0. The topological polar surface area (TPSA) is 48.3 Å². The van der Waals surface area contributed by atoms with Crippen LogP contribution in [0.5, 0.6) is 5.75 Å². The fourth-order valence-corrected chi connectivity index (χ4v) is 2.68. The molecule has 0 saturated carbocycles. The van der Waals surface area contributed by atoms with E-state index in [0.717, 1.165) is 10.9 Å². The van der Waals surface area contributed by atoms with Crippen molar-refractivity contribution in [1.29, 1.82) is 0 Å². The molecule has 0 aliphatic rings. The van der Waals surface area contributed by atoms with Crippen LogP contribution in [0, 0.1) is 0 Å². The zero-order valence-corrected chi connectivity index (χ0v) is 13.1. The smallest absolute Gasteiger partial charge is 0.343 e. The third kappa shape index (κ3) is 2.63. The number of carbonyl (C=O) groups is 1. The van der Waals surface area contributed by atoms with Gasteiger partial charge in [-0.1, -0.05) is 37.3 Å². The Morgan fingerprint density at radius 1 is 1.04 bits per heavy atom. The average Bonchev–Trinajstić information content (AvgIpc) is 2.60. The lowest BCUT2D eigenvalue weighted by Crippen LogP contribution is -2.23. The van der Waals surface area contributed by atoms with E-state index in [1.807, 2.05) is 37.3 Å². The molecule has 1 heterocycles. The van der Waals surface area contributed by atoms with Crippen molar-refractivity contribution in [2.75, 3.05) is 0 Å². The van der Waals surface area contributed by atoms with Gasteiger partial charge in [0.05, 0.1) is 16.6 Å². The van der Waals surface area contributed by atoms with E-state index in [2.05, 4.69) is 0 Å². The molecule has 0 radical (unpaired) electrons. The second-order valence-electron chi connectivity index (χ2n) is 5.30. The maximum atomic E-state index is 12.5. The van der Waals surface area contributed by atoms with Gasteiger partial charge in [-0.3, -0.25) is 4.79 Å². The van der Waals surface area contributed by atoms with Gasteiger partial charge in [-0.25, -0.2) is 4.79 Å². The first-order chi connectivity index (χ1) is 11.1. The molecule has 4 heteroatoms. The summed E-state index contributed by atoms with van der Waals surface area (Å²) < 4.78 is 7.21. The molecule has 2 aromatic carbocycles. The lowest BCUT2D eigenvalue weighted by atomic mass is 10.1. The Bertz CT molecular complexity index is 926. The van der Waals surface area contributed by atoms with Crippen LogP contribution in [0.1, 0.15) is 22.8 Å². The molecule has 1 aromatic heterocycles. The van der Waals surface area contributed by atoms with Crippen molar-refractivity contribution in [1.82, 2.24) is 4.57 Å². The van der Waals surface area contributed by atoms with Gasteiger partial charge in [0, 0.05) is 12.4 Å². The number of hydrogen-bond acceptors (Lipinski definition) is 3. The first-order valence-electron chi connectivity index (χ1n) is 7.51. The van der Waals surface area contributed by atoms with Gasteiger partial charge >= 0.3 is 5.97 Å². The largest absolute Gasteiger partial charge is 0.422 e. The van der Waals surface area contributed by atoms with Gasteiger partial charge < -0.3 is 9.30 Å². The summed E-state index contributed by atoms with van der Waals surface area (Å²) in [6.07, 6.45) is 0.495. The van der Waals surface area contributed by atoms with E-state index in [4.69, 9.17) is 4.74 Å². The number of rotatable bonds is 3. The molecule has 23 heavy (non-hydrogen) atoms. The Morgan fingerprint density at radius 2 is 1.70 bits per heavy atom. The molecule has 0 spiro atoms.